The molecule has 0 unspecified atom stereocenters. The second-order valence-electron chi connectivity index (χ2n) is 7.32. The van der Waals surface area contributed by atoms with E-state index in [-0.39, 0.29) is 18.9 Å². The number of carbonyl (C=O) groups is 1. The molecule has 0 radical (unpaired) electrons. The molecule has 156 valence electrons. The molecule has 0 aromatic heterocycles. The van der Waals surface area contributed by atoms with Crippen LogP contribution in [0.2, 0.25) is 0 Å². The van der Waals surface area contributed by atoms with E-state index < -0.39 is 10.0 Å². The maximum absolute atomic E-state index is 12.9. The van der Waals surface area contributed by atoms with E-state index in [0.717, 1.165) is 22.1 Å². The smallest absolute Gasteiger partial charge is 0.265 e. The van der Waals surface area contributed by atoms with Gasteiger partial charge in [0.25, 0.3) is 10.0 Å². The minimum Gasteiger partial charge on any atom is -0.492 e. The number of aryl methyl sites for hydroxylation is 1. The average Bonchev–Trinajstić information content (AvgIpc) is 2.96. The van der Waals surface area contributed by atoms with Gasteiger partial charge in [-0.25, -0.2) is 8.42 Å². The predicted octanol–water partition coefficient (Wildman–Crippen LogP) is 3.63. The zero-order valence-corrected chi connectivity index (χ0v) is 17.6. The summed E-state index contributed by atoms with van der Waals surface area (Å²) in [6.45, 7) is 3.06. The Balaban J connectivity index is 1.27. The van der Waals surface area contributed by atoms with Crippen molar-refractivity contribution in [3.63, 3.8) is 0 Å². The zero-order valence-electron chi connectivity index (χ0n) is 16.8. The molecular formula is C23H24N2O4S. The van der Waals surface area contributed by atoms with Crippen LogP contribution in [0.25, 0.3) is 10.8 Å². The molecule has 1 heterocycles. The third-order valence-corrected chi connectivity index (χ3v) is 7.02. The Morgan fingerprint density at radius 3 is 2.53 bits per heavy atom. The first-order chi connectivity index (χ1) is 14.5. The highest BCUT2D eigenvalue weighted by Gasteiger charge is 2.34. The van der Waals surface area contributed by atoms with Gasteiger partial charge >= 0.3 is 0 Å². The van der Waals surface area contributed by atoms with E-state index in [1.54, 1.807) is 12.1 Å². The van der Waals surface area contributed by atoms with Crippen molar-refractivity contribution in [3.8, 4) is 5.75 Å². The van der Waals surface area contributed by atoms with Gasteiger partial charge in [-0.2, -0.15) is 0 Å². The van der Waals surface area contributed by atoms with E-state index in [4.69, 9.17) is 4.74 Å². The van der Waals surface area contributed by atoms with E-state index in [0.29, 0.717) is 30.2 Å². The number of carbonyl (C=O) groups excluding carboxylic acids is 1. The van der Waals surface area contributed by atoms with Gasteiger partial charge in [-0.15, -0.1) is 0 Å². The monoisotopic (exact) mass is 424 g/mol. The van der Waals surface area contributed by atoms with Crippen molar-refractivity contribution in [3.05, 3.63) is 66.2 Å². The Hall–Kier alpha value is -3.06. The van der Waals surface area contributed by atoms with Gasteiger partial charge in [0.2, 0.25) is 5.91 Å². The lowest BCUT2D eigenvalue weighted by Crippen LogP contribution is -2.31. The van der Waals surface area contributed by atoms with Gasteiger partial charge in [-0.05, 0) is 43.0 Å². The number of benzene rings is 3. The SMILES string of the molecule is Cc1ccc(OCCNC(=O)CCCN2c3cccc4cccc(c34)S2(=O)=O)cc1. The summed E-state index contributed by atoms with van der Waals surface area (Å²) in [7, 11) is -3.57. The third-order valence-electron chi connectivity index (χ3n) is 5.16. The molecule has 1 N–H and O–H groups in total. The Bertz CT molecular complexity index is 1170. The lowest BCUT2D eigenvalue weighted by atomic mass is 10.1. The van der Waals surface area contributed by atoms with E-state index in [1.807, 2.05) is 55.5 Å². The predicted molar refractivity (Wildman–Crippen MR) is 117 cm³/mol. The molecule has 1 aliphatic rings. The lowest BCUT2D eigenvalue weighted by molar-refractivity contribution is -0.121. The van der Waals surface area contributed by atoms with Crippen LogP contribution in [0.1, 0.15) is 18.4 Å². The minimum absolute atomic E-state index is 0.116. The molecule has 0 aliphatic carbocycles. The van der Waals surface area contributed by atoms with Gasteiger partial charge in [0.15, 0.2) is 0 Å². The first-order valence-electron chi connectivity index (χ1n) is 9.97. The van der Waals surface area contributed by atoms with Crippen molar-refractivity contribution in [2.24, 2.45) is 0 Å². The summed E-state index contributed by atoms with van der Waals surface area (Å²) in [5, 5.41) is 4.48. The van der Waals surface area contributed by atoms with Gasteiger partial charge in [0, 0.05) is 18.4 Å². The van der Waals surface area contributed by atoms with Crippen LogP contribution in [0.4, 0.5) is 5.69 Å². The molecule has 6 nitrogen and oxygen atoms in total. The number of hydrogen-bond donors (Lipinski definition) is 1. The van der Waals surface area contributed by atoms with Crippen LogP contribution in [0.3, 0.4) is 0 Å². The number of sulfonamides is 1. The fraction of sp³-hybridized carbons (Fsp3) is 0.261. The van der Waals surface area contributed by atoms with Crippen molar-refractivity contribution in [2.75, 3.05) is 24.0 Å². The Morgan fingerprint density at radius 1 is 1.03 bits per heavy atom. The molecule has 0 bridgehead atoms. The van der Waals surface area contributed by atoms with Gasteiger partial charge in [0.05, 0.1) is 17.1 Å². The van der Waals surface area contributed by atoms with Gasteiger partial charge in [0.1, 0.15) is 12.4 Å². The van der Waals surface area contributed by atoms with E-state index in [2.05, 4.69) is 5.32 Å². The number of anilines is 1. The highest BCUT2D eigenvalue weighted by Crippen LogP contribution is 2.41. The first kappa shape index (κ1) is 20.2. The molecule has 7 heteroatoms. The molecule has 3 aromatic rings. The Kier molecular flexibility index (Phi) is 5.63. The van der Waals surface area contributed by atoms with Crippen LogP contribution in [-0.2, 0) is 14.8 Å². The summed E-state index contributed by atoms with van der Waals surface area (Å²) < 4.78 is 32.8. The van der Waals surface area contributed by atoms with Crippen molar-refractivity contribution in [1.29, 1.82) is 0 Å². The maximum Gasteiger partial charge on any atom is 0.265 e. The summed E-state index contributed by atoms with van der Waals surface area (Å²) in [5.41, 5.74) is 1.85. The van der Waals surface area contributed by atoms with Gasteiger partial charge in [-0.1, -0.05) is 42.0 Å². The van der Waals surface area contributed by atoms with Crippen LogP contribution in [0.5, 0.6) is 5.75 Å². The summed E-state index contributed by atoms with van der Waals surface area (Å²) in [6.07, 6.45) is 0.692. The molecule has 0 atom stereocenters. The number of rotatable bonds is 8. The molecule has 0 spiro atoms. The van der Waals surface area contributed by atoms with Crippen molar-refractivity contribution in [2.45, 2.75) is 24.7 Å². The third kappa shape index (κ3) is 3.98. The molecule has 1 aliphatic heterocycles. The topological polar surface area (TPSA) is 75.7 Å². The van der Waals surface area contributed by atoms with Crippen LogP contribution < -0.4 is 14.4 Å². The molecule has 4 rings (SSSR count). The number of hydrogen-bond acceptors (Lipinski definition) is 4. The van der Waals surface area contributed by atoms with E-state index >= 15 is 0 Å². The van der Waals surface area contributed by atoms with Crippen LogP contribution >= 0.6 is 0 Å². The molecule has 0 fully saturated rings. The first-order valence-corrected chi connectivity index (χ1v) is 11.4. The highest BCUT2D eigenvalue weighted by atomic mass is 32.2. The normalized spacial score (nSPS) is 14.1. The Morgan fingerprint density at radius 2 is 1.77 bits per heavy atom. The second kappa shape index (κ2) is 8.36. The molecule has 30 heavy (non-hydrogen) atoms. The number of ether oxygens (including phenoxy) is 1. The summed E-state index contributed by atoms with van der Waals surface area (Å²) in [4.78, 5) is 12.4. The lowest BCUT2D eigenvalue weighted by Gasteiger charge is -2.18. The largest absolute Gasteiger partial charge is 0.492 e. The molecule has 0 saturated heterocycles. The standard InChI is InChI=1S/C23H24N2O4S/c1-17-10-12-19(13-11-17)29-16-14-24-22(26)9-4-15-25-20-7-2-5-18-6-3-8-21(23(18)20)30(25,27)28/h2-3,5-8,10-13H,4,9,14-16H2,1H3,(H,24,26). The molecular weight excluding hydrogens is 400 g/mol. The van der Waals surface area contributed by atoms with E-state index in [9.17, 15) is 13.2 Å². The summed E-state index contributed by atoms with van der Waals surface area (Å²) >= 11 is 0. The quantitative estimate of drug-likeness (QED) is 0.560. The highest BCUT2D eigenvalue weighted by molar-refractivity contribution is 7.93. The van der Waals surface area contributed by atoms with E-state index in [1.165, 1.54) is 4.31 Å². The fourth-order valence-electron chi connectivity index (χ4n) is 3.66. The van der Waals surface area contributed by atoms with Crippen LogP contribution in [0, 0.1) is 6.92 Å². The maximum atomic E-state index is 12.9. The molecule has 1 amide bonds. The van der Waals surface area contributed by atoms with Crippen LogP contribution in [0.15, 0.2) is 65.6 Å². The van der Waals surface area contributed by atoms with Crippen molar-refractivity contribution in [1.82, 2.24) is 5.32 Å². The summed E-state index contributed by atoms with van der Waals surface area (Å²) in [6, 6.07) is 18.6. The van der Waals surface area contributed by atoms with Crippen molar-refractivity contribution >= 4 is 32.4 Å². The zero-order chi connectivity index (χ0) is 21.1. The number of amides is 1. The van der Waals surface area contributed by atoms with Gasteiger partial charge in [-0.3, -0.25) is 9.10 Å². The average molecular weight is 425 g/mol. The minimum atomic E-state index is -3.57. The van der Waals surface area contributed by atoms with Crippen molar-refractivity contribution < 1.29 is 17.9 Å². The molecule has 3 aromatic carbocycles. The van der Waals surface area contributed by atoms with Crippen LogP contribution in [-0.4, -0.2) is 34.0 Å². The Labute approximate surface area is 176 Å². The van der Waals surface area contributed by atoms with Gasteiger partial charge < -0.3 is 10.1 Å². The number of nitrogens with one attached hydrogen (secondary N) is 1. The summed E-state index contributed by atoms with van der Waals surface area (Å²) in [5.74, 6) is 0.651. The number of nitrogens with zero attached hydrogens (tertiary/aromatic N) is 1. The fourth-order valence-corrected chi connectivity index (χ4v) is 5.41. The molecule has 0 saturated carbocycles. The second-order valence-corrected chi connectivity index (χ2v) is 9.15.